The van der Waals surface area contributed by atoms with E-state index in [-0.39, 0.29) is 22.4 Å². The molecule has 1 aromatic rings. The molecule has 21 heavy (non-hydrogen) atoms. The Kier molecular flexibility index (Phi) is 4.69. The van der Waals surface area contributed by atoms with E-state index in [9.17, 15) is 16.8 Å². The standard InChI is InChI=1S/C12H19N3O4S2/c1-9(8-13)14-20(16,17)11-3-2-4-12(7-11)21(18,19)15-10-5-6-10/h2-4,7,9-10,14-15H,5-6,8,13H2,1H3/t9-/m0/s1. The average molecular weight is 333 g/mol. The molecular weight excluding hydrogens is 314 g/mol. The Labute approximate surface area is 125 Å². The zero-order valence-corrected chi connectivity index (χ0v) is 13.2. The molecule has 1 aromatic carbocycles. The van der Waals surface area contributed by atoms with E-state index in [4.69, 9.17) is 5.73 Å². The van der Waals surface area contributed by atoms with Crippen molar-refractivity contribution in [3.05, 3.63) is 24.3 Å². The minimum absolute atomic E-state index is 0.0364. The number of hydrogen-bond acceptors (Lipinski definition) is 5. The summed E-state index contributed by atoms with van der Waals surface area (Å²) in [7, 11) is -7.47. The molecule has 0 aromatic heterocycles. The maximum absolute atomic E-state index is 12.1. The highest BCUT2D eigenvalue weighted by atomic mass is 32.2. The van der Waals surface area contributed by atoms with E-state index in [0.717, 1.165) is 18.9 Å². The van der Waals surface area contributed by atoms with Gasteiger partial charge in [-0.1, -0.05) is 6.07 Å². The van der Waals surface area contributed by atoms with Crippen molar-refractivity contribution < 1.29 is 16.8 Å². The molecule has 0 amide bonds. The van der Waals surface area contributed by atoms with Gasteiger partial charge in [0.05, 0.1) is 9.79 Å². The first-order valence-corrected chi connectivity index (χ1v) is 9.56. The fraction of sp³-hybridized carbons (Fsp3) is 0.500. The summed E-state index contributed by atoms with van der Waals surface area (Å²) in [5.74, 6) is 0. The molecular formula is C12H19N3O4S2. The normalized spacial score (nSPS) is 17.6. The van der Waals surface area contributed by atoms with Crippen LogP contribution in [-0.4, -0.2) is 35.5 Å². The van der Waals surface area contributed by atoms with Gasteiger partial charge in [-0.3, -0.25) is 0 Å². The van der Waals surface area contributed by atoms with Crippen molar-refractivity contribution in [2.24, 2.45) is 5.73 Å². The summed E-state index contributed by atoms with van der Waals surface area (Å²) in [6.07, 6.45) is 1.62. The molecule has 9 heteroatoms. The second-order valence-corrected chi connectivity index (χ2v) is 8.56. The van der Waals surface area contributed by atoms with E-state index in [2.05, 4.69) is 9.44 Å². The van der Waals surface area contributed by atoms with Crippen molar-refractivity contribution in [1.29, 1.82) is 0 Å². The number of benzene rings is 1. The summed E-state index contributed by atoms with van der Waals surface area (Å²) in [6, 6.07) is 4.81. The van der Waals surface area contributed by atoms with Crippen molar-refractivity contribution in [2.75, 3.05) is 6.54 Å². The SMILES string of the molecule is C[C@@H](CN)NS(=O)(=O)c1cccc(S(=O)(=O)NC2CC2)c1. The average Bonchev–Trinajstić information content (AvgIpc) is 3.21. The van der Waals surface area contributed by atoms with Gasteiger partial charge in [0.25, 0.3) is 0 Å². The van der Waals surface area contributed by atoms with Gasteiger partial charge in [-0.25, -0.2) is 26.3 Å². The lowest BCUT2D eigenvalue weighted by Gasteiger charge is -2.13. The van der Waals surface area contributed by atoms with E-state index in [0.29, 0.717) is 0 Å². The second kappa shape index (κ2) is 6.01. The lowest BCUT2D eigenvalue weighted by Crippen LogP contribution is -2.37. The molecule has 0 spiro atoms. The summed E-state index contributed by atoms with van der Waals surface area (Å²) < 4.78 is 53.4. The Morgan fingerprint density at radius 1 is 1.19 bits per heavy atom. The highest BCUT2D eigenvalue weighted by molar-refractivity contribution is 7.90. The highest BCUT2D eigenvalue weighted by Gasteiger charge is 2.28. The predicted molar refractivity (Wildman–Crippen MR) is 78.6 cm³/mol. The Hall–Kier alpha value is -1.00. The topological polar surface area (TPSA) is 118 Å². The maximum Gasteiger partial charge on any atom is 0.240 e. The number of sulfonamides is 2. The van der Waals surface area contributed by atoms with Gasteiger partial charge < -0.3 is 5.73 Å². The molecule has 7 nitrogen and oxygen atoms in total. The van der Waals surface area contributed by atoms with E-state index >= 15 is 0 Å². The molecule has 1 atom stereocenters. The molecule has 1 fully saturated rings. The van der Waals surface area contributed by atoms with Gasteiger partial charge in [0.1, 0.15) is 0 Å². The van der Waals surface area contributed by atoms with Crippen molar-refractivity contribution in [3.8, 4) is 0 Å². The van der Waals surface area contributed by atoms with Crippen LogP contribution in [0.2, 0.25) is 0 Å². The first kappa shape index (κ1) is 16.4. The summed E-state index contributed by atoms with van der Waals surface area (Å²) in [6.45, 7) is 1.78. The first-order chi connectivity index (χ1) is 9.74. The predicted octanol–water partition coefficient (Wildman–Crippen LogP) is -0.247. The van der Waals surface area contributed by atoms with Crippen LogP contribution < -0.4 is 15.2 Å². The molecule has 2 rings (SSSR count). The lowest BCUT2D eigenvalue weighted by molar-refractivity contribution is 0.562. The Morgan fingerprint density at radius 3 is 2.29 bits per heavy atom. The fourth-order valence-electron chi connectivity index (χ4n) is 1.68. The monoisotopic (exact) mass is 333 g/mol. The summed E-state index contributed by atoms with van der Waals surface area (Å²) in [5.41, 5.74) is 5.39. The maximum atomic E-state index is 12.1. The molecule has 1 aliphatic carbocycles. The van der Waals surface area contributed by atoms with Crippen LogP contribution in [0.1, 0.15) is 19.8 Å². The number of nitrogens with one attached hydrogen (secondary N) is 2. The Balaban J connectivity index is 2.28. The lowest BCUT2D eigenvalue weighted by atomic mass is 10.4. The van der Waals surface area contributed by atoms with Crippen molar-refractivity contribution in [2.45, 2.75) is 41.6 Å². The smallest absolute Gasteiger partial charge is 0.240 e. The van der Waals surface area contributed by atoms with Gasteiger partial charge in [0.15, 0.2) is 0 Å². The molecule has 118 valence electrons. The van der Waals surface area contributed by atoms with Crippen molar-refractivity contribution in [1.82, 2.24) is 9.44 Å². The molecule has 4 N–H and O–H groups in total. The third-order valence-electron chi connectivity index (χ3n) is 3.04. The zero-order valence-electron chi connectivity index (χ0n) is 11.6. The minimum atomic E-state index is -3.79. The summed E-state index contributed by atoms with van der Waals surface area (Å²) >= 11 is 0. The van der Waals surface area contributed by atoms with Crippen molar-refractivity contribution >= 4 is 20.0 Å². The third kappa shape index (κ3) is 4.24. The van der Waals surface area contributed by atoms with Crippen LogP contribution in [0.15, 0.2) is 34.1 Å². The first-order valence-electron chi connectivity index (χ1n) is 6.59. The fourth-order valence-corrected chi connectivity index (χ4v) is 4.41. The zero-order chi connectivity index (χ0) is 15.7. The molecule has 1 saturated carbocycles. The second-order valence-electron chi connectivity index (χ2n) is 5.13. The van der Waals surface area contributed by atoms with E-state index in [1.54, 1.807) is 6.92 Å². The van der Waals surface area contributed by atoms with Gasteiger partial charge in [-0.05, 0) is 38.0 Å². The molecule has 0 radical (unpaired) electrons. The molecule has 0 unspecified atom stereocenters. The molecule has 0 heterocycles. The van der Waals surface area contributed by atoms with Crippen LogP contribution >= 0.6 is 0 Å². The molecule has 1 aliphatic rings. The van der Waals surface area contributed by atoms with Crippen LogP contribution in [0.5, 0.6) is 0 Å². The Bertz CT molecular complexity index is 712. The summed E-state index contributed by atoms with van der Waals surface area (Å²) in [5, 5.41) is 0. The number of nitrogens with two attached hydrogens (primary N) is 1. The van der Waals surface area contributed by atoms with E-state index in [1.807, 2.05) is 0 Å². The molecule has 0 aliphatic heterocycles. The van der Waals surface area contributed by atoms with Gasteiger partial charge >= 0.3 is 0 Å². The Morgan fingerprint density at radius 2 is 1.76 bits per heavy atom. The van der Waals surface area contributed by atoms with Crippen LogP contribution in [0, 0.1) is 0 Å². The van der Waals surface area contributed by atoms with Crippen LogP contribution in [0.4, 0.5) is 0 Å². The summed E-state index contributed by atoms with van der Waals surface area (Å²) in [4.78, 5) is -0.154. The highest BCUT2D eigenvalue weighted by Crippen LogP contribution is 2.23. The van der Waals surface area contributed by atoms with E-state index in [1.165, 1.54) is 18.2 Å². The minimum Gasteiger partial charge on any atom is -0.329 e. The largest absolute Gasteiger partial charge is 0.329 e. The van der Waals surface area contributed by atoms with Crippen LogP contribution in [-0.2, 0) is 20.0 Å². The van der Waals surface area contributed by atoms with Gasteiger partial charge in [-0.15, -0.1) is 0 Å². The van der Waals surface area contributed by atoms with Gasteiger partial charge in [-0.2, -0.15) is 0 Å². The molecule has 0 saturated heterocycles. The van der Waals surface area contributed by atoms with Crippen molar-refractivity contribution in [3.63, 3.8) is 0 Å². The van der Waals surface area contributed by atoms with Crippen LogP contribution in [0.3, 0.4) is 0 Å². The number of rotatable bonds is 7. The third-order valence-corrected chi connectivity index (χ3v) is 6.14. The van der Waals surface area contributed by atoms with Gasteiger partial charge in [0, 0.05) is 18.6 Å². The molecule has 0 bridgehead atoms. The van der Waals surface area contributed by atoms with Crippen LogP contribution in [0.25, 0.3) is 0 Å². The quantitative estimate of drug-likeness (QED) is 0.636. The number of hydrogen-bond donors (Lipinski definition) is 3. The van der Waals surface area contributed by atoms with Gasteiger partial charge in [0.2, 0.25) is 20.0 Å². The van der Waals surface area contributed by atoms with E-state index < -0.39 is 26.1 Å².